The third-order valence-corrected chi connectivity index (χ3v) is 3.79. The van der Waals surface area contributed by atoms with Gasteiger partial charge in [0.15, 0.2) is 0 Å². The maximum atomic E-state index is 9.78. The van der Waals surface area contributed by atoms with Gasteiger partial charge in [-0.2, -0.15) is 0 Å². The lowest BCUT2D eigenvalue weighted by atomic mass is 9.85. The van der Waals surface area contributed by atoms with Crippen molar-refractivity contribution in [1.82, 2.24) is 0 Å². The first kappa shape index (κ1) is 11.4. The summed E-state index contributed by atoms with van der Waals surface area (Å²) in [6, 6.07) is 3.92. The molecule has 0 bridgehead atoms. The molecule has 3 nitrogen and oxygen atoms in total. The van der Waals surface area contributed by atoms with Crippen LogP contribution in [0.4, 0.5) is 0 Å². The molecular formula is C13H20N2O. The smallest absolute Gasteiger partial charge is 0.118 e. The largest absolute Gasteiger partial charge is 0.508 e. The van der Waals surface area contributed by atoms with E-state index in [0.29, 0.717) is 5.75 Å². The minimum atomic E-state index is 0.120. The zero-order chi connectivity index (χ0) is 11.9. The van der Waals surface area contributed by atoms with Gasteiger partial charge in [-0.05, 0) is 49.4 Å². The number of aryl methyl sites for hydroxylation is 1. The van der Waals surface area contributed by atoms with Gasteiger partial charge in [-0.15, -0.1) is 0 Å². The van der Waals surface area contributed by atoms with Crippen LogP contribution in [0.15, 0.2) is 12.1 Å². The molecule has 1 fully saturated rings. The number of benzene rings is 1. The van der Waals surface area contributed by atoms with E-state index in [1.54, 1.807) is 6.07 Å². The molecule has 1 saturated carbocycles. The highest BCUT2D eigenvalue weighted by molar-refractivity contribution is 5.46. The number of aromatic hydroxyl groups is 1. The van der Waals surface area contributed by atoms with E-state index in [2.05, 4.69) is 6.92 Å². The van der Waals surface area contributed by atoms with Gasteiger partial charge in [0.1, 0.15) is 5.75 Å². The Kier molecular flexibility index (Phi) is 2.91. The van der Waals surface area contributed by atoms with Crippen LogP contribution in [0, 0.1) is 13.8 Å². The van der Waals surface area contributed by atoms with Crippen LogP contribution >= 0.6 is 0 Å². The summed E-state index contributed by atoms with van der Waals surface area (Å²) in [5.74, 6) is 0.527. The molecule has 2 rings (SSSR count). The molecule has 16 heavy (non-hydrogen) atoms. The van der Waals surface area contributed by atoms with Crippen molar-refractivity contribution in [2.24, 2.45) is 11.5 Å². The molecule has 2 unspecified atom stereocenters. The first-order valence-corrected chi connectivity index (χ1v) is 5.82. The molecule has 3 heteroatoms. The molecule has 2 atom stereocenters. The minimum Gasteiger partial charge on any atom is -0.508 e. The Morgan fingerprint density at radius 2 is 1.69 bits per heavy atom. The summed E-state index contributed by atoms with van der Waals surface area (Å²) in [5, 5.41) is 9.78. The van der Waals surface area contributed by atoms with Gasteiger partial charge in [-0.25, -0.2) is 0 Å². The molecule has 0 heterocycles. The van der Waals surface area contributed by atoms with Gasteiger partial charge < -0.3 is 16.6 Å². The van der Waals surface area contributed by atoms with Crippen LogP contribution in [0.1, 0.15) is 35.4 Å². The van der Waals surface area contributed by atoms with Crippen LogP contribution in [0.2, 0.25) is 0 Å². The van der Waals surface area contributed by atoms with Crippen molar-refractivity contribution in [3.63, 3.8) is 0 Å². The first-order chi connectivity index (χ1) is 7.52. The number of rotatable bonds is 1. The van der Waals surface area contributed by atoms with Crippen LogP contribution in [-0.4, -0.2) is 17.2 Å². The van der Waals surface area contributed by atoms with E-state index < -0.39 is 0 Å². The molecule has 0 radical (unpaired) electrons. The lowest BCUT2D eigenvalue weighted by molar-refractivity contribution is 0.466. The zero-order valence-electron chi connectivity index (χ0n) is 9.90. The quantitative estimate of drug-likeness (QED) is 0.672. The summed E-state index contributed by atoms with van der Waals surface area (Å²) in [4.78, 5) is 0. The highest BCUT2D eigenvalue weighted by Crippen LogP contribution is 2.38. The molecule has 1 aliphatic rings. The van der Waals surface area contributed by atoms with E-state index >= 15 is 0 Å². The zero-order valence-corrected chi connectivity index (χ0v) is 9.90. The van der Waals surface area contributed by atoms with Crippen LogP contribution in [0.25, 0.3) is 0 Å². The fraction of sp³-hybridized carbons (Fsp3) is 0.538. The SMILES string of the molecule is Cc1ccc(O)c(C)c1C1C(N)CCC1N. The Morgan fingerprint density at radius 1 is 1.12 bits per heavy atom. The Balaban J connectivity index is 2.50. The summed E-state index contributed by atoms with van der Waals surface area (Å²) >= 11 is 0. The highest BCUT2D eigenvalue weighted by atomic mass is 16.3. The number of phenolic OH excluding ortho intramolecular Hbond substituents is 1. The van der Waals surface area contributed by atoms with Crippen molar-refractivity contribution < 1.29 is 5.11 Å². The number of nitrogens with two attached hydrogens (primary N) is 2. The van der Waals surface area contributed by atoms with Crippen LogP contribution in [-0.2, 0) is 0 Å². The second-order valence-electron chi connectivity index (χ2n) is 4.87. The van der Waals surface area contributed by atoms with Gasteiger partial charge in [-0.3, -0.25) is 0 Å². The minimum absolute atomic E-state index is 0.120. The average molecular weight is 220 g/mol. The van der Waals surface area contributed by atoms with Crippen molar-refractivity contribution in [3.05, 3.63) is 28.8 Å². The Labute approximate surface area is 96.5 Å². The molecule has 5 N–H and O–H groups in total. The van der Waals surface area contributed by atoms with Crippen molar-refractivity contribution >= 4 is 0 Å². The summed E-state index contributed by atoms with van der Waals surface area (Å²) in [5.41, 5.74) is 15.5. The predicted molar refractivity (Wildman–Crippen MR) is 65.5 cm³/mol. The molecule has 1 aliphatic carbocycles. The van der Waals surface area contributed by atoms with E-state index in [4.69, 9.17) is 11.5 Å². The average Bonchev–Trinajstić information content (AvgIpc) is 2.56. The Morgan fingerprint density at radius 3 is 2.25 bits per heavy atom. The third-order valence-electron chi connectivity index (χ3n) is 3.79. The molecule has 0 aromatic heterocycles. The van der Waals surface area contributed by atoms with E-state index in [1.165, 1.54) is 5.56 Å². The monoisotopic (exact) mass is 220 g/mol. The van der Waals surface area contributed by atoms with E-state index in [-0.39, 0.29) is 18.0 Å². The van der Waals surface area contributed by atoms with Gasteiger partial charge in [-0.1, -0.05) is 6.07 Å². The van der Waals surface area contributed by atoms with E-state index in [0.717, 1.165) is 24.0 Å². The topological polar surface area (TPSA) is 72.3 Å². The lowest BCUT2D eigenvalue weighted by Crippen LogP contribution is -2.33. The first-order valence-electron chi connectivity index (χ1n) is 5.82. The van der Waals surface area contributed by atoms with Crippen molar-refractivity contribution in [1.29, 1.82) is 0 Å². The van der Waals surface area contributed by atoms with Crippen LogP contribution in [0.3, 0.4) is 0 Å². The van der Waals surface area contributed by atoms with Gasteiger partial charge in [0, 0.05) is 18.0 Å². The standard InChI is InChI=1S/C13H20N2O/c1-7-3-6-11(16)8(2)12(7)13-9(14)4-5-10(13)15/h3,6,9-10,13,16H,4-5,14-15H2,1-2H3. The molecule has 88 valence electrons. The van der Waals surface area contributed by atoms with Crippen molar-refractivity contribution in [3.8, 4) is 5.75 Å². The summed E-state index contributed by atoms with van der Waals surface area (Å²) in [6.07, 6.45) is 1.95. The second kappa shape index (κ2) is 4.07. The summed E-state index contributed by atoms with van der Waals surface area (Å²) < 4.78 is 0. The number of phenols is 1. The predicted octanol–water partition coefficient (Wildman–Crippen LogP) is 1.54. The molecule has 0 saturated heterocycles. The summed E-state index contributed by atoms with van der Waals surface area (Å²) in [7, 11) is 0. The molecular weight excluding hydrogens is 200 g/mol. The normalized spacial score (nSPS) is 29.6. The Bertz CT molecular complexity index is 393. The fourth-order valence-electron chi connectivity index (χ4n) is 2.86. The molecule has 1 aromatic rings. The van der Waals surface area contributed by atoms with Gasteiger partial charge in [0.2, 0.25) is 0 Å². The maximum Gasteiger partial charge on any atom is 0.118 e. The number of hydrogen-bond donors (Lipinski definition) is 3. The lowest BCUT2D eigenvalue weighted by Gasteiger charge is -2.24. The molecule has 0 spiro atoms. The third kappa shape index (κ3) is 1.70. The van der Waals surface area contributed by atoms with Gasteiger partial charge in [0.25, 0.3) is 0 Å². The van der Waals surface area contributed by atoms with Crippen LogP contribution < -0.4 is 11.5 Å². The molecule has 1 aromatic carbocycles. The van der Waals surface area contributed by atoms with Crippen LogP contribution in [0.5, 0.6) is 5.75 Å². The second-order valence-corrected chi connectivity index (χ2v) is 4.87. The number of hydrogen-bond acceptors (Lipinski definition) is 3. The van der Waals surface area contributed by atoms with E-state index in [1.807, 2.05) is 13.0 Å². The fourth-order valence-corrected chi connectivity index (χ4v) is 2.86. The molecule has 0 amide bonds. The maximum absolute atomic E-state index is 9.78. The van der Waals surface area contributed by atoms with Crippen molar-refractivity contribution in [2.75, 3.05) is 0 Å². The van der Waals surface area contributed by atoms with Crippen molar-refractivity contribution in [2.45, 2.75) is 44.7 Å². The highest BCUT2D eigenvalue weighted by Gasteiger charge is 2.34. The van der Waals surface area contributed by atoms with E-state index in [9.17, 15) is 5.11 Å². The molecule has 0 aliphatic heterocycles. The van der Waals surface area contributed by atoms with Gasteiger partial charge in [0.05, 0.1) is 0 Å². The summed E-state index contributed by atoms with van der Waals surface area (Å²) in [6.45, 7) is 4.00. The Hall–Kier alpha value is -1.06. The van der Waals surface area contributed by atoms with Gasteiger partial charge >= 0.3 is 0 Å².